The molecule has 0 aliphatic rings. The predicted octanol–water partition coefficient (Wildman–Crippen LogP) is 1.79. The normalized spacial score (nSPS) is 10.0. The number of nitrogens with one attached hydrogen (secondary N) is 3. The summed E-state index contributed by atoms with van der Waals surface area (Å²) >= 11 is 12.8. The van der Waals surface area contributed by atoms with Gasteiger partial charge in [-0.05, 0) is 29.6 Å². The molecule has 0 bridgehead atoms. The lowest BCUT2D eigenvalue weighted by atomic mass is 10.2. The van der Waals surface area contributed by atoms with Crippen molar-refractivity contribution in [1.29, 1.82) is 0 Å². The Balaban J connectivity index is 1.68. The van der Waals surface area contributed by atoms with Gasteiger partial charge in [0.1, 0.15) is 6.54 Å². The Bertz CT molecular complexity index is 858. The van der Waals surface area contributed by atoms with Gasteiger partial charge in [0.2, 0.25) is 0 Å². The van der Waals surface area contributed by atoms with E-state index < -0.39 is 36.8 Å². The van der Waals surface area contributed by atoms with E-state index in [1.54, 1.807) is 17.5 Å². The third kappa shape index (κ3) is 6.55. The van der Waals surface area contributed by atoms with Crippen molar-refractivity contribution < 1.29 is 23.9 Å². The highest BCUT2D eigenvalue weighted by molar-refractivity contribution is 7.12. The first-order chi connectivity index (χ1) is 12.9. The van der Waals surface area contributed by atoms with Crippen molar-refractivity contribution in [3.63, 3.8) is 0 Å². The third-order valence-corrected chi connectivity index (χ3v) is 4.41. The Morgan fingerprint density at radius 1 is 1.04 bits per heavy atom. The number of halogens is 2. The van der Waals surface area contributed by atoms with Crippen LogP contribution in [0.1, 0.15) is 20.0 Å². The monoisotopic (exact) mass is 429 g/mol. The molecule has 0 fully saturated rings. The van der Waals surface area contributed by atoms with E-state index in [1.807, 2.05) is 0 Å². The minimum absolute atomic E-state index is 0.134. The molecule has 11 heteroatoms. The van der Waals surface area contributed by atoms with E-state index in [0.29, 0.717) is 9.90 Å². The summed E-state index contributed by atoms with van der Waals surface area (Å²) in [6.45, 7) is -1.09. The van der Waals surface area contributed by atoms with Crippen molar-refractivity contribution in [1.82, 2.24) is 16.2 Å². The molecule has 27 heavy (non-hydrogen) atoms. The minimum Gasteiger partial charge on any atom is -0.454 e. The van der Waals surface area contributed by atoms with Gasteiger partial charge in [-0.1, -0.05) is 29.3 Å². The Kier molecular flexibility index (Phi) is 7.59. The summed E-state index contributed by atoms with van der Waals surface area (Å²) in [4.78, 5) is 47.1. The van der Waals surface area contributed by atoms with Crippen LogP contribution in [-0.2, 0) is 14.3 Å². The molecule has 0 aliphatic carbocycles. The number of thiophene rings is 1. The number of carbonyl (C=O) groups excluding carboxylic acids is 4. The molecule has 3 N–H and O–H groups in total. The molecule has 3 amide bonds. The van der Waals surface area contributed by atoms with Crippen molar-refractivity contribution in [3.05, 3.63) is 56.2 Å². The highest BCUT2D eigenvalue weighted by atomic mass is 35.5. The van der Waals surface area contributed by atoms with Crippen molar-refractivity contribution in [2.45, 2.75) is 0 Å². The molecular weight excluding hydrogens is 417 g/mol. The SMILES string of the molecule is O=C(COC(=O)CNC(=O)c1ccc(Cl)cc1Cl)NNC(=O)c1cccs1. The topological polar surface area (TPSA) is 114 Å². The van der Waals surface area contributed by atoms with E-state index in [0.717, 1.165) is 0 Å². The van der Waals surface area contributed by atoms with E-state index in [2.05, 4.69) is 16.2 Å². The summed E-state index contributed by atoms with van der Waals surface area (Å²) in [6.07, 6.45) is 0. The maximum Gasteiger partial charge on any atom is 0.325 e. The number of hydrogen-bond donors (Lipinski definition) is 3. The van der Waals surface area contributed by atoms with E-state index in [4.69, 9.17) is 27.9 Å². The van der Waals surface area contributed by atoms with Gasteiger partial charge in [0, 0.05) is 5.02 Å². The van der Waals surface area contributed by atoms with Crippen molar-refractivity contribution in [3.8, 4) is 0 Å². The molecule has 0 radical (unpaired) electrons. The molecular formula is C16H13Cl2N3O5S. The first kappa shape index (κ1) is 20.7. The smallest absolute Gasteiger partial charge is 0.325 e. The van der Waals surface area contributed by atoms with Crippen LogP contribution in [0.15, 0.2) is 35.7 Å². The lowest BCUT2D eigenvalue weighted by Crippen LogP contribution is -2.43. The largest absolute Gasteiger partial charge is 0.454 e. The molecule has 0 atom stereocenters. The minimum atomic E-state index is -0.840. The molecule has 8 nitrogen and oxygen atoms in total. The van der Waals surface area contributed by atoms with Crippen LogP contribution < -0.4 is 16.2 Å². The fourth-order valence-electron chi connectivity index (χ4n) is 1.75. The molecule has 2 aromatic rings. The lowest BCUT2D eigenvalue weighted by Gasteiger charge is -2.09. The van der Waals surface area contributed by atoms with E-state index in [-0.39, 0.29) is 10.6 Å². The van der Waals surface area contributed by atoms with E-state index in [9.17, 15) is 19.2 Å². The lowest BCUT2D eigenvalue weighted by molar-refractivity contribution is -0.147. The summed E-state index contributed by atoms with van der Waals surface area (Å²) in [5, 5.41) is 4.52. The fourth-order valence-corrected chi connectivity index (χ4v) is 2.86. The fraction of sp³-hybridized carbons (Fsp3) is 0.125. The predicted molar refractivity (Wildman–Crippen MR) is 99.7 cm³/mol. The van der Waals surface area contributed by atoms with Gasteiger partial charge in [0.05, 0.1) is 15.5 Å². The molecule has 1 aromatic heterocycles. The van der Waals surface area contributed by atoms with Crippen LogP contribution in [0, 0.1) is 0 Å². The van der Waals surface area contributed by atoms with Gasteiger partial charge in [-0.2, -0.15) is 0 Å². The van der Waals surface area contributed by atoms with Gasteiger partial charge in [0.25, 0.3) is 17.7 Å². The Morgan fingerprint density at radius 2 is 1.81 bits per heavy atom. The van der Waals surface area contributed by atoms with Crippen LogP contribution >= 0.6 is 34.5 Å². The molecule has 1 aromatic carbocycles. The Morgan fingerprint density at radius 3 is 2.48 bits per heavy atom. The zero-order chi connectivity index (χ0) is 19.8. The summed E-state index contributed by atoms with van der Waals surface area (Å²) in [5.74, 6) is -2.66. The number of hydrazine groups is 1. The number of ether oxygens (including phenoxy) is 1. The van der Waals surface area contributed by atoms with Crippen LogP contribution in [-0.4, -0.2) is 36.8 Å². The number of esters is 1. The number of benzene rings is 1. The summed E-state index contributed by atoms with van der Waals surface area (Å²) in [5.41, 5.74) is 4.42. The van der Waals surface area contributed by atoms with E-state index in [1.165, 1.54) is 29.5 Å². The highest BCUT2D eigenvalue weighted by Gasteiger charge is 2.14. The molecule has 0 saturated heterocycles. The third-order valence-electron chi connectivity index (χ3n) is 2.99. The number of amides is 3. The second kappa shape index (κ2) is 9.91. The number of rotatable bonds is 6. The van der Waals surface area contributed by atoms with Gasteiger partial charge in [-0.3, -0.25) is 30.0 Å². The average Bonchev–Trinajstić information content (AvgIpc) is 3.17. The van der Waals surface area contributed by atoms with Crippen molar-refractivity contribution >= 4 is 58.2 Å². The van der Waals surface area contributed by atoms with Crippen LogP contribution in [0.25, 0.3) is 0 Å². The van der Waals surface area contributed by atoms with Crippen molar-refractivity contribution in [2.24, 2.45) is 0 Å². The van der Waals surface area contributed by atoms with Gasteiger partial charge in [-0.25, -0.2) is 0 Å². The van der Waals surface area contributed by atoms with E-state index >= 15 is 0 Å². The van der Waals surface area contributed by atoms with Gasteiger partial charge >= 0.3 is 5.97 Å². The van der Waals surface area contributed by atoms with Gasteiger partial charge in [0.15, 0.2) is 6.61 Å². The van der Waals surface area contributed by atoms with Crippen LogP contribution in [0.4, 0.5) is 0 Å². The van der Waals surface area contributed by atoms with Crippen LogP contribution in [0.5, 0.6) is 0 Å². The summed E-state index contributed by atoms with van der Waals surface area (Å²) < 4.78 is 4.69. The first-order valence-corrected chi connectivity index (χ1v) is 9.02. The number of hydrogen-bond acceptors (Lipinski definition) is 6. The van der Waals surface area contributed by atoms with Gasteiger partial charge in [-0.15, -0.1) is 11.3 Å². The molecule has 0 aliphatic heterocycles. The Hall–Kier alpha value is -2.62. The van der Waals surface area contributed by atoms with Gasteiger partial charge < -0.3 is 10.1 Å². The molecule has 2 rings (SSSR count). The van der Waals surface area contributed by atoms with Crippen molar-refractivity contribution in [2.75, 3.05) is 13.2 Å². The first-order valence-electron chi connectivity index (χ1n) is 7.38. The molecule has 0 saturated carbocycles. The second-order valence-corrected chi connectivity index (χ2v) is 6.74. The average molecular weight is 430 g/mol. The molecule has 0 spiro atoms. The summed E-state index contributed by atoms with van der Waals surface area (Å²) in [7, 11) is 0. The maximum absolute atomic E-state index is 11.9. The van der Waals surface area contributed by atoms with Crippen LogP contribution in [0.3, 0.4) is 0 Å². The zero-order valence-corrected chi connectivity index (χ0v) is 15.9. The maximum atomic E-state index is 11.9. The van der Waals surface area contributed by atoms with Crippen LogP contribution in [0.2, 0.25) is 10.0 Å². The second-order valence-electron chi connectivity index (χ2n) is 4.95. The molecule has 1 heterocycles. The zero-order valence-electron chi connectivity index (χ0n) is 13.6. The summed E-state index contributed by atoms with van der Waals surface area (Å²) in [6, 6.07) is 7.56. The Labute approximate surface area is 167 Å². The molecule has 142 valence electrons. The quantitative estimate of drug-likeness (QED) is 0.478. The molecule has 0 unspecified atom stereocenters. The number of carbonyl (C=O) groups is 4. The standard InChI is InChI=1S/C16H13Cl2N3O5S/c17-9-3-4-10(11(18)6-9)15(24)19-7-14(23)26-8-13(22)20-21-16(25)12-2-1-5-27-12/h1-6H,7-8H2,(H,19,24)(H,20,22)(H,21,25). The highest BCUT2D eigenvalue weighted by Crippen LogP contribution is 2.20.